The van der Waals surface area contributed by atoms with Gasteiger partial charge >= 0.3 is 0 Å². The zero-order chi connectivity index (χ0) is 14.9. The molecule has 0 bridgehead atoms. The smallest absolute Gasteiger partial charge is 0.258 e. The summed E-state index contributed by atoms with van der Waals surface area (Å²) < 4.78 is 0.860. The number of nitrogens with two attached hydrogens (primary N) is 1. The second-order valence-corrected chi connectivity index (χ2v) is 5.88. The third kappa shape index (κ3) is 2.97. The van der Waals surface area contributed by atoms with Crippen LogP contribution in [0.4, 0.5) is 11.4 Å². The molecule has 2 N–H and O–H groups in total. The van der Waals surface area contributed by atoms with E-state index in [0.717, 1.165) is 10.0 Å². The van der Waals surface area contributed by atoms with Gasteiger partial charge < -0.3 is 10.6 Å². The molecular formula is C15H14BrClN2O. The van der Waals surface area contributed by atoms with Crippen molar-refractivity contribution >= 4 is 44.8 Å². The maximum atomic E-state index is 12.6. The maximum absolute atomic E-state index is 12.6. The number of hydrogen-bond donors (Lipinski definition) is 1. The SMILES string of the molecule is Cc1ccc(Br)cc1C(=O)N(C)c1cc(Cl)ccc1N. The van der Waals surface area contributed by atoms with Crippen LogP contribution < -0.4 is 10.6 Å². The van der Waals surface area contributed by atoms with E-state index in [1.165, 1.54) is 4.90 Å². The summed E-state index contributed by atoms with van der Waals surface area (Å²) in [6.07, 6.45) is 0. The second kappa shape index (κ2) is 5.85. The van der Waals surface area contributed by atoms with Gasteiger partial charge in [0.25, 0.3) is 5.91 Å². The van der Waals surface area contributed by atoms with E-state index < -0.39 is 0 Å². The van der Waals surface area contributed by atoms with E-state index in [2.05, 4.69) is 15.9 Å². The second-order valence-electron chi connectivity index (χ2n) is 4.53. The highest BCUT2D eigenvalue weighted by Crippen LogP contribution is 2.28. The van der Waals surface area contributed by atoms with E-state index in [1.807, 2.05) is 19.1 Å². The van der Waals surface area contributed by atoms with Crippen LogP contribution in [0.25, 0.3) is 0 Å². The van der Waals surface area contributed by atoms with Crippen LogP contribution in [-0.4, -0.2) is 13.0 Å². The van der Waals surface area contributed by atoms with Gasteiger partial charge in [-0.25, -0.2) is 0 Å². The van der Waals surface area contributed by atoms with Crippen molar-refractivity contribution in [1.82, 2.24) is 0 Å². The van der Waals surface area contributed by atoms with Crippen molar-refractivity contribution < 1.29 is 4.79 Å². The fourth-order valence-electron chi connectivity index (χ4n) is 1.92. The maximum Gasteiger partial charge on any atom is 0.258 e. The fraction of sp³-hybridized carbons (Fsp3) is 0.133. The Bertz CT molecular complexity index is 673. The van der Waals surface area contributed by atoms with Crippen LogP contribution >= 0.6 is 27.5 Å². The Hall–Kier alpha value is -1.52. The third-order valence-electron chi connectivity index (χ3n) is 3.09. The molecular weight excluding hydrogens is 340 g/mol. The van der Waals surface area contributed by atoms with Crippen LogP contribution in [0.2, 0.25) is 5.02 Å². The van der Waals surface area contributed by atoms with Crippen molar-refractivity contribution in [2.75, 3.05) is 17.7 Å². The first kappa shape index (κ1) is 14.9. The number of carbonyl (C=O) groups excluding carboxylic acids is 1. The van der Waals surface area contributed by atoms with Crippen molar-refractivity contribution in [3.8, 4) is 0 Å². The van der Waals surface area contributed by atoms with Gasteiger partial charge in [-0.3, -0.25) is 4.79 Å². The summed E-state index contributed by atoms with van der Waals surface area (Å²) in [5.41, 5.74) is 8.56. The van der Waals surface area contributed by atoms with Gasteiger partial charge in [-0.1, -0.05) is 33.6 Å². The van der Waals surface area contributed by atoms with E-state index in [4.69, 9.17) is 17.3 Å². The molecule has 1 amide bonds. The molecule has 2 rings (SSSR count). The molecule has 104 valence electrons. The summed E-state index contributed by atoms with van der Waals surface area (Å²) in [7, 11) is 1.69. The molecule has 0 fully saturated rings. The number of amides is 1. The Morgan fingerprint density at radius 3 is 2.65 bits per heavy atom. The molecule has 0 aliphatic rings. The van der Waals surface area contributed by atoms with Gasteiger partial charge in [0.15, 0.2) is 0 Å². The van der Waals surface area contributed by atoms with Crippen LogP contribution in [0.1, 0.15) is 15.9 Å². The highest BCUT2D eigenvalue weighted by molar-refractivity contribution is 9.10. The van der Waals surface area contributed by atoms with Crippen LogP contribution in [0, 0.1) is 6.92 Å². The topological polar surface area (TPSA) is 46.3 Å². The quantitative estimate of drug-likeness (QED) is 0.820. The monoisotopic (exact) mass is 352 g/mol. The highest BCUT2D eigenvalue weighted by atomic mass is 79.9. The van der Waals surface area contributed by atoms with Crippen molar-refractivity contribution in [2.24, 2.45) is 0 Å². The number of nitrogens with zero attached hydrogens (tertiary/aromatic N) is 1. The standard InChI is InChI=1S/C15H14BrClN2O/c1-9-3-4-10(16)7-12(9)15(20)19(2)14-8-11(17)5-6-13(14)18/h3-8H,18H2,1-2H3. The molecule has 0 spiro atoms. The van der Waals surface area contributed by atoms with E-state index in [-0.39, 0.29) is 5.91 Å². The summed E-state index contributed by atoms with van der Waals surface area (Å²) in [6.45, 7) is 1.90. The summed E-state index contributed by atoms with van der Waals surface area (Å²) in [5.74, 6) is -0.127. The lowest BCUT2D eigenvalue weighted by Gasteiger charge is -2.20. The molecule has 5 heteroatoms. The third-order valence-corrected chi connectivity index (χ3v) is 3.82. The highest BCUT2D eigenvalue weighted by Gasteiger charge is 2.18. The van der Waals surface area contributed by atoms with E-state index in [1.54, 1.807) is 31.3 Å². The number of carbonyl (C=O) groups is 1. The van der Waals surface area contributed by atoms with Crippen LogP contribution in [0.3, 0.4) is 0 Å². The number of aryl methyl sites for hydroxylation is 1. The lowest BCUT2D eigenvalue weighted by Crippen LogP contribution is -2.27. The number of rotatable bonds is 2. The summed E-state index contributed by atoms with van der Waals surface area (Å²) in [5, 5.41) is 0.541. The Morgan fingerprint density at radius 2 is 1.95 bits per heavy atom. The summed E-state index contributed by atoms with van der Waals surface area (Å²) in [6, 6.07) is 10.7. The van der Waals surface area contributed by atoms with Gasteiger partial charge in [0.1, 0.15) is 0 Å². The molecule has 2 aromatic carbocycles. The molecule has 0 atom stereocenters. The Labute approximate surface area is 131 Å². The van der Waals surface area contributed by atoms with Gasteiger partial charge in [0.2, 0.25) is 0 Å². The molecule has 0 saturated carbocycles. The van der Waals surface area contributed by atoms with Gasteiger partial charge in [-0.15, -0.1) is 0 Å². The predicted octanol–water partition coefficient (Wildman–Crippen LogP) is 4.27. The fourth-order valence-corrected chi connectivity index (χ4v) is 2.45. The van der Waals surface area contributed by atoms with Crippen molar-refractivity contribution in [3.05, 3.63) is 57.0 Å². The largest absolute Gasteiger partial charge is 0.397 e. The average molecular weight is 354 g/mol. The van der Waals surface area contributed by atoms with E-state index >= 15 is 0 Å². The Morgan fingerprint density at radius 1 is 1.25 bits per heavy atom. The predicted molar refractivity (Wildman–Crippen MR) is 87.5 cm³/mol. The van der Waals surface area contributed by atoms with Crippen molar-refractivity contribution in [1.29, 1.82) is 0 Å². The zero-order valence-corrected chi connectivity index (χ0v) is 13.5. The van der Waals surface area contributed by atoms with Crippen LogP contribution in [0.5, 0.6) is 0 Å². The number of benzene rings is 2. The van der Waals surface area contributed by atoms with Gasteiger partial charge in [0.05, 0.1) is 11.4 Å². The zero-order valence-electron chi connectivity index (χ0n) is 11.2. The number of anilines is 2. The minimum atomic E-state index is -0.127. The first-order chi connectivity index (χ1) is 9.40. The molecule has 2 aromatic rings. The number of nitrogen functional groups attached to an aromatic ring is 1. The molecule has 0 aliphatic heterocycles. The lowest BCUT2D eigenvalue weighted by atomic mass is 10.1. The minimum Gasteiger partial charge on any atom is -0.397 e. The number of hydrogen-bond acceptors (Lipinski definition) is 2. The molecule has 0 aliphatic carbocycles. The summed E-state index contributed by atoms with van der Waals surface area (Å²) >= 11 is 9.35. The van der Waals surface area contributed by atoms with Crippen LogP contribution in [0.15, 0.2) is 40.9 Å². The first-order valence-electron chi connectivity index (χ1n) is 5.99. The summed E-state index contributed by atoms with van der Waals surface area (Å²) in [4.78, 5) is 14.1. The first-order valence-corrected chi connectivity index (χ1v) is 7.16. The van der Waals surface area contributed by atoms with E-state index in [9.17, 15) is 4.79 Å². The molecule has 3 nitrogen and oxygen atoms in total. The lowest BCUT2D eigenvalue weighted by molar-refractivity contribution is 0.0992. The molecule has 0 aromatic heterocycles. The normalized spacial score (nSPS) is 10.4. The van der Waals surface area contributed by atoms with Gasteiger partial charge in [-0.2, -0.15) is 0 Å². The van der Waals surface area contributed by atoms with Gasteiger partial charge in [-0.05, 0) is 42.8 Å². The van der Waals surface area contributed by atoms with Crippen molar-refractivity contribution in [3.63, 3.8) is 0 Å². The van der Waals surface area contributed by atoms with Crippen molar-refractivity contribution in [2.45, 2.75) is 6.92 Å². The van der Waals surface area contributed by atoms with Crippen LogP contribution in [-0.2, 0) is 0 Å². The Balaban J connectivity index is 2.42. The average Bonchev–Trinajstić information content (AvgIpc) is 2.42. The van der Waals surface area contributed by atoms with E-state index in [0.29, 0.717) is 22.0 Å². The molecule has 0 saturated heterocycles. The number of halogens is 2. The Kier molecular flexibility index (Phi) is 4.35. The van der Waals surface area contributed by atoms with Gasteiger partial charge in [0, 0.05) is 22.1 Å². The minimum absolute atomic E-state index is 0.127. The molecule has 20 heavy (non-hydrogen) atoms. The molecule has 0 unspecified atom stereocenters. The molecule has 0 radical (unpaired) electrons. The molecule has 0 heterocycles.